The Morgan fingerprint density at radius 1 is 1.21 bits per heavy atom. The molecule has 0 atom stereocenters. The lowest BCUT2D eigenvalue weighted by Gasteiger charge is -2.10. The quantitative estimate of drug-likeness (QED) is 0.898. The first kappa shape index (κ1) is 12.5. The minimum atomic E-state index is -4.19. The van der Waals surface area contributed by atoms with Gasteiger partial charge in [-0.15, -0.1) is 0 Å². The number of hydrogen-bond acceptors (Lipinski definition) is 1. The number of benzene rings is 1. The molecule has 2 nitrogen and oxygen atoms in total. The molecule has 1 saturated carbocycles. The molecule has 3 rings (SSSR count). The maximum absolute atomic E-state index is 12.5. The molecule has 1 N–H and O–H groups in total. The van der Waals surface area contributed by atoms with Crippen LogP contribution in [-0.4, -0.2) is 16.8 Å². The maximum Gasteiger partial charge on any atom is 0.406 e. The van der Waals surface area contributed by atoms with Gasteiger partial charge in [0, 0.05) is 24.3 Å². The smallest absolute Gasteiger partial charge is 0.338 e. The van der Waals surface area contributed by atoms with Crippen LogP contribution in [0.1, 0.15) is 18.4 Å². The Labute approximate surface area is 109 Å². The van der Waals surface area contributed by atoms with Crippen molar-refractivity contribution in [2.75, 3.05) is 0 Å². The molecule has 102 valence electrons. The van der Waals surface area contributed by atoms with Gasteiger partial charge in [-0.05, 0) is 35.9 Å². The van der Waals surface area contributed by atoms with Gasteiger partial charge in [0.25, 0.3) is 0 Å². The molecule has 0 radical (unpaired) electrons. The third kappa shape index (κ3) is 3.10. The van der Waals surface area contributed by atoms with Crippen molar-refractivity contribution < 1.29 is 13.2 Å². The van der Waals surface area contributed by atoms with Crippen LogP contribution in [0.2, 0.25) is 0 Å². The number of halogens is 3. The summed E-state index contributed by atoms with van der Waals surface area (Å²) in [7, 11) is 0. The number of aromatic nitrogens is 1. The molecule has 5 heteroatoms. The average Bonchev–Trinajstić information content (AvgIpc) is 3.09. The summed E-state index contributed by atoms with van der Waals surface area (Å²) in [5, 5.41) is 4.21. The first-order valence-corrected chi connectivity index (χ1v) is 6.39. The molecule has 1 aromatic carbocycles. The molecule has 0 aliphatic heterocycles. The Kier molecular flexibility index (Phi) is 3.01. The van der Waals surface area contributed by atoms with E-state index in [-0.39, 0.29) is 0 Å². The van der Waals surface area contributed by atoms with Crippen molar-refractivity contribution in [2.45, 2.75) is 38.1 Å². The molecule has 2 aromatic rings. The number of rotatable bonds is 4. The molecule has 1 aliphatic rings. The average molecular weight is 268 g/mol. The van der Waals surface area contributed by atoms with Gasteiger partial charge >= 0.3 is 6.18 Å². The van der Waals surface area contributed by atoms with Gasteiger partial charge in [-0.1, -0.05) is 12.1 Å². The molecule has 0 bridgehead atoms. The predicted octanol–water partition coefficient (Wildman–Crippen LogP) is 3.46. The summed E-state index contributed by atoms with van der Waals surface area (Å²) >= 11 is 0. The highest BCUT2D eigenvalue weighted by atomic mass is 19.4. The minimum Gasteiger partial charge on any atom is -0.338 e. The van der Waals surface area contributed by atoms with Crippen molar-refractivity contribution in [3.63, 3.8) is 0 Å². The van der Waals surface area contributed by atoms with Crippen LogP contribution in [0.15, 0.2) is 30.5 Å². The molecule has 0 amide bonds. The largest absolute Gasteiger partial charge is 0.406 e. The number of alkyl halides is 3. The van der Waals surface area contributed by atoms with Crippen LogP contribution in [0.5, 0.6) is 0 Å². The standard InChI is InChI=1S/C14H15F3N2/c15-14(16,17)9-19-6-5-11-2-1-10(7-13(11)19)8-18-12-3-4-12/h1-2,5-7,12,18H,3-4,8-9H2. The highest BCUT2D eigenvalue weighted by Crippen LogP contribution is 2.24. The van der Waals surface area contributed by atoms with Crippen LogP contribution in [0.4, 0.5) is 13.2 Å². The summed E-state index contributed by atoms with van der Waals surface area (Å²) in [4.78, 5) is 0. The molecule has 1 fully saturated rings. The Morgan fingerprint density at radius 3 is 2.68 bits per heavy atom. The Balaban J connectivity index is 1.84. The van der Waals surface area contributed by atoms with Gasteiger partial charge < -0.3 is 9.88 Å². The number of nitrogens with one attached hydrogen (secondary N) is 1. The fraction of sp³-hybridized carbons (Fsp3) is 0.429. The van der Waals surface area contributed by atoms with E-state index in [0.29, 0.717) is 11.6 Å². The lowest BCUT2D eigenvalue weighted by molar-refractivity contribution is -0.139. The van der Waals surface area contributed by atoms with Crippen molar-refractivity contribution in [3.05, 3.63) is 36.0 Å². The van der Waals surface area contributed by atoms with E-state index in [2.05, 4.69) is 5.32 Å². The van der Waals surface area contributed by atoms with Crippen molar-refractivity contribution in [3.8, 4) is 0 Å². The molecular weight excluding hydrogens is 253 g/mol. The van der Waals surface area contributed by atoms with Crippen LogP contribution in [0, 0.1) is 0 Å². The zero-order valence-corrected chi connectivity index (χ0v) is 10.4. The second-order valence-corrected chi connectivity index (χ2v) is 5.11. The molecule has 1 heterocycles. The summed E-state index contributed by atoms with van der Waals surface area (Å²) in [5.74, 6) is 0. The van der Waals surface area contributed by atoms with E-state index in [1.54, 1.807) is 6.07 Å². The molecule has 19 heavy (non-hydrogen) atoms. The fourth-order valence-electron chi connectivity index (χ4n) is 2.22. The second kappa shape index (κ2) is 4.56. The van der Waals surface area contributed by atoms with E-state index in [9.17, 15) is 13.2 Å². The van der Waals surface area contributed by atoms with Gasteiger partial charge in [-0.25, -0.2) is 0 Å². The van der Waals surface area contributed by atoms with Crippen LogP contribution in [0.3, 0.4) is 0 Å². The van der Waals surface area contributed by atoms with E-state index in [4.69, 9.17) is 0 Å². The topological polar surface area (TPSA) is 17.0 Å². The first-order chi connectivity index (χ1) is 9.01. The summed E-state index contributed by atoms with van der Waals surface area (Å²) in [6.07, 6.45) is -0.288. The lowest BCUT2D eigenvalue weighted by atomic mass is 10.1. The number of fused-ring (bicyclic) bond motifs is 1. The fourth-order valence-corrected chi connectivity index (χ4v) is 2.22. The van der Waals surface area contributed by atoms with Gasteiger partial charge in [0.05, 0.1) is 0 Å². The second-order valence-electron chi connectivity index (χ2n) is 5.11. The van der Waals surface area contributed by atoms with Gasteiger partial charge in [-0.2, -0.15) is 13.2 Å². The molecule has 1 aromatic heterocycles. The highest BCUT2D eigenvalue weighted by Gasteiger charge is 2.28. The van der Waals surface area contributed by atoms with E-state index in [1.807, 2.05) is 18.2 Å². The minimum absolute atomic E-state index is 0.595. The van der Waals surface area contributed by atoms with E-state index < -0.39 is 12.7 Å². The summed E-state index contributed by atoms with van der Waals surface area (Å²) in [5.41, 5.74) is 1.67. The van der Waals surface area contributed by atoms with E-state index in [0.717, 1.165) is 17.5 Å². The van der Waals surface area contributed by atoms with Gasteiger partial charge in [0.2, 0.25) is 0 Å². The predicted molar refractivity (Wildman–Crippen MR) is 67.9 cm³/mol. The molecule has 1 aliphatic carbocycles. The number of nitrogens with zero attached hydrogens (tertiary/aromatic N) is 1. The Morgan fingerprint density at radius 2 is 2.00 bits per heavy atom. The molecule has 0 unspecified atom stereocenters. The Bertz CT molecular complexity index is 582. The van der Waals surface area contributed by atoms with E-state index >= 15 is 0 Å². The third-order valence-electron chi connectivity index (χ3n) is 3.36. The third-order valence-corrected chi connectivity index (χ3v) is 3.36. The van der Waals surface area contributed by atoms with Crippen LogP contribution < -0.4 is 5.32 Å². The molecule has 0 spiro atoms. The summed E-state index contributed by atoms with van der Waals surface area (Å²) < 4.78 is 38.7. The lowest BCUT2D eigenvalue weighted by Crippen LogP contribution is -2.17. The van der Waals surface area contributed by atoms with Gasteiger partial charge in [0.15, 0.2) is 0 Å². The SMILES string of the molecule is FC(F)(F)Cn1ccc2ccc(CNC3CC3)cc21. The van der Waals surface area contributed by atoms with Gasteiger partial charge in [0.1, 0.15) is 6.54 Å². The normalized spacial score (nSPS) is 16.2. The van der Waals surface area contributed by atoms with Crippen molar-refractivity contribution in [1.29, 1.82) is 0 Å². The van der Waals surface area contributed by atoms with E-state index in [1.165, 1.54) is 23.6 Å². The zero-order chi connectivity index (χ0) is 13.5. The van der Waals surface area contributed by atoms with Crippen molar-refractivity contribution >= 4 is 10.9 Å². The Hall–Kier alpha value is -1.49. The van der Waals surface area contributed by atoms with Crippen molar-refractivity contribution in [1.82, 2.24) is 9.88 Å². The molecule has 0 saturated heterocycles. The van der Waals surface area contributed by atoms with Crippen LogP contribution in [0.25, 0.3) is 10.9 Å². The monoisotopic (exact) mass is 268 g/mol. The van der Waals surface area contributed by atoms with Crippen LogP contribution in [-0.2, 0) is 13.1 Å². The highest BCUT2D eigenvalue weighted by molar-refractivity contribution is 5.80. The summed E-state index contributed by atoms with van der Waals surface area (Å²) in [6.45, 7) is -0.214. The van der Waals surface area contributed by atoms with Gasteiger partial charge in [-0.3, -0.25) is 0 Å². The number of hydrogen-bond donors (Lipinski definition) is 1. The molecular formula is C14H15F3N2. The van der Waals surface area contributed by atoms with Crippen LogP contribution >= 0.6 is 0 Å². The summed E-state index contributed by atoms with van der Waals surface area (Å²) in [6, 6.07) is 8.01. The first-order valence-electron chi connectivity index (χ1n) is 6.39. The zero-order valence-electron chi connectivity index (χ0n) is 10.4. The maximum atomic E-state index is 12.5. The van der Waals surface area contributed by atoms with Crippen molar-refractivity contribution in [2.24, 2.45) is 0 Å².